The van der Waals surface area contributed by atoms with Crippen molar-refractivity contribution in [3.8, 4) is 5.75 Å². The predicted octanol–water partition coefficient (Wildman–Crippen LogP) is 2.72. The van der Waals surface area contributed by atoms with Crippen LogP contribution in [0.2, 0.25) is 0 Å². The molecular weight excluding hydrogens is 296 g/mol. The van der Waals surface area contributed by atoms with Gasteiger partial charge >= 0.3 is 0 Å². The maximum Gasteiger partial charge on any atom is 0.273 e. The lowest BCUT2D eigenvalue weighted by atomic mass is 10.1. The molecule has 0 saturated carbocycles. The fourth-order valence-electron chi connectivity index (χ4n) is 2.08. The Hall–Kier alpha value is -2.89. The molecule has 0 aromatic heterocycles. The molecular formula is C17H18N2O4. The molecule has 0 atom stereocenters. The van der Waals surface area contributed by atoms with E-state index in [4.69, 9.17) is 4.74 Å². The zero-order chi connectivity index (χ0) is 16.5. The monoisotopic (exact) mass is 314 g/mol. The number of ether oxygens (including phenoxy) is 1. The number of benzene rings is 2. The predicted molar refractivity (Wildman–Crippen MR) is 86.4 cm³/mol. The van der Waals surface area contributed by atoms with Crippen LogP contribution in [0.25, 0.3) is 0 Å². The van der Waals surface area contributed by atoms with E-state index >= 15 is 0 Å². The Kier molecular flexibility index (Phi) is 6.11. The van der Waals surface area contributed by atoms with Crippen molar-refractivity contribution in [3.63, 3.8) is 0 Å². The molecule has 2 rings (SSSR count). The second-order valence-electron chi connectivity index (χ2n) is 4.93. The Morgan fingerprint density at radius 1 is 1.09 bits per heavy atom. The van der Waals surface area contributed by atoms with Crippen molar-refractivity contribution in [2.45, 2.75) is 12.8 Å². The number of amides is 1. The highest BCUT2D eigenvalue weighted by Crippen LogP contribution is 2.17. The Morgan fingerprint density at radius 3 is 2.52 bits per heavy atom. The molecule has 2 aromatic rings. The molecule has 0 aliphatic carbocycles. The van der Waals surface area contributed by atoms with Crippen molar-refractivity contribution in [2.24, 2.45) is 0 Å². The van der Waals surface area contributed by atoms with Gasteiger partial charge in [0.1, 0.15) is 5.75 Å². The lowest BCUT2D eigenvalue weighted by Gasteiger charge is -2.07. The van der Waals surface area contributed by atoms with E-state index in [0.717, 1.165) is 5.75 Å². The van der Waals surface area contributed by atoms with Gasteiger partial charge in [-0.2, -0.15) is 0 Å². The highest BCUT2D eigenvalue weighted by molar-refractivity contribution is 5.79. The van der Waals surface area contributed by atoms with E-state index in [1.54, 1.807) is 18.2 Å². The summed E-state index contributed by atoms with van der Waals surface area (Å²) in [5.74, 6) is 0.553. The highest BCUT2D eigenvalue weighted by Gasteiger charge is 2.14. The number of nitrogens with zero attached hydrogens (tertiary/aromatic N) is 1. The number of hydrogen-bond acceptors (Lipinski definition) is 4. The quantitative estimate of drug-likeness (QED) is 0.461. The van der Waals surface area contributed by atoms with Gasteiger partial charge in [0.25, 0.3) is 5.69 Å². The van der Waals surface area contributed by atoms with Crippen LogP contribution in [0, 0.1) is 10.1 Å². The van der Waals surface area contributed by atoms with Gasteiger partial charge in [-0.15, -0.1) is 0 Å². The summed E-state index contributed by atoms with van der Waals surface area (Å²) in [5.41, 5.74) is 0.380. The molecule has 23 heavy (non-hydrogen) atoms. The summed E-state index contributed by atoms with van der Waals surface area (Å²) >= 11 is 0. The first-order chi connectivity index (χ1) is 11.2. The molecule has 0 heterocycles. The summed E-state index contributed by atoms with van der Waals surface area (Å²) in [5, 5.41) is 13.6. The number of nitro benzene ring substituents is 1. The second kappa shape index (κ2) is 8.53. The van der Waals surface area contributed by atoms with Crippen LogP contribution in [0.5, 0.6) is 5.75 Å². The van der Waals surface area contributed by atoms with Gasteiger partial charge in [-0.25, -0.2) is 0 Å². The minimum Gasteiger partial charge on any atom is -0.494 e. The summed E-state index contributed by atoms with van der Waals surface area (Å²) in [6.45, 7) is 0.960. The smallest absolute Gasteiger partial charge is 0.273 e. The van der Waals surface area contributed by atoms with Crippen molar-refractivity contribution in [1.29, 1.82) is 0 Å². The van der Waals surface area contributed by atoms with Gasteiger partial charge in [0.15, 0.2) is 0 Å². The van der Waals surface area contributed by atoms with Crippen LogP contribution in [0.1, 0.15) is 12.0 Å². The first kappa shape index (κ1) is 16.5. The molecule has 0 bridgehead atoms. The Balaban J connectivity index is 1.70. The molecule has 120 valence electrons. The number of hydrogen-bond donors (Lipinski definition) is 1. The molecule has 0 radical (unpaired) electrons. The highest BCUT2D eigenvalue weighted by atomic mass is 16.6. The van der Waals surface area contributed by atoms with Gasteiger partial charge in [-0.1, -0.05) is 36.4 Å². The van der Waals surface area contributed by atoms with Crippen molar-refractivity contribution >= 4 is 11.6 Å². The topological polar surface area (TPSA) is 81.5 Å². The second-order valence-corrected chi connectivity index (χ2v) is 4.93. The number of carbonyl (C=O) groups excluding carboxylic acids is 1. The lowest BCUT2D eigenvalue weighted by molar-refractivity contribution is -0.385. The van der Waals surface area contributed by atoms with Crippen molar-refractivity contribution in [3.05, 3.63) is 70.3 Å². The van der Waals surface area contributed by atoms with E-state index in [1.165, 1.54) is 6.07 Å². The van der Waals surface area contributed by atoms with Gasteiger partial charge in [-0.05, 0) is 18.6 Å². The molecule has 0 aliphatic rings. The van der Waals surface area contributed by atoms with E-state index in [2.05, 4.69) is 5.32 Å². The first-order valence-corrected chi connectivity index (χ1v) is 7.33. The van der Waals surface area contributed by atoms with Crippen LogP contribution < -0.4 is 10.1 Å². The number of rotatable bonds is 8. The Morgan fingerprint density at radius 2 is 1.78 bits per heavy atom. The molecule has 6 heteroatoms. The molecule has 0 spiro atoms. The molecule has 1 amide bonds. The van der Waals surface area contributed by atoms with Crippen LogP contribution >= 0.6 is 0 Å². The fourth-order valence-corrected chi connectivity index (χ4v) is 2.08. The van der Waals surface area contributed by atoms with Gasteiger partial charge in [0.2, 0.25) is 5.91 Å². The summed E-state index contributed by atoms with van der Waals surface area (Å²) < 4.78 is 5.52. The van der Waals surface area contributed by atoms with Gasteiger partial charge < -0.3 is 10.1 Å². The van der Waals surface area contributed by atoms with Gasteiger partial charge in [0.05, 0.1) is 18.0 Å². The van der Waals surface area contributed by atoms with Crippen LogP contribution in [0.15, 0.2) is 54.6 Å². The molecule has 0 fully saturated rings. The van der Waals surface area contributed by atoms with E-state index in [0.29, 0.717) is 25.1 Å². The first-order valence-electron chi connectivity index (χ1n) is 7.33. The van der Waals surface area contributed by atoms with Gasteiger partial charge in [0, 0.05) is 18.2 Å². The minimum absolute atomic E-state index is 0.00328. The summed E-state index contributed by atoms with van der Waals surface area (Å²) in [6, 6.07) is 15.7. The van der Waals surface area contributed by atoms with Crippen LogP contribution in [0.4, 0.5) is 5.69 Å². The molecule has 0 aliphatic heterocycles. The summed E-state index contributed by atoms with van der Waals surface area (Å²) in [4.78, 5) is 22.3. The fraction of sp³-hybridized carbons (Fsp3) is 0.235. The number of carbonyl (C=O) groups is 1. The summed E-state index contributed by atoms with van der Waals surface area (Å²) in [7, 11) is 0. The SMILES string of the molecule is O=C(Cc1ccccc1[N+](=O)[O-])NCCCOc1ccccc1. The largest absolute Gasteiger partial charge is 0.494 e. The minimum atomic E-state index is -0.476. The number of para-hydroxylation sites is 2. The standard InChI is InChI=1S/C17H18N2O4/c20-17(13-14-7-4-5-10-16(14)19(21)22)18-11-6-12-23-15-8-2-1-3-9-15/h1-5,7-10H,6,11-13H2,(H,18,20). The lowest BCUT2D eigenvalue weighted by Crippen LogP contribution is -2.27. The van der Waals surface area contributed by atoms with Crippen molar-refractivity contribution < 1.29 is 14.5 Å². The van der Waals surface area contributed by atoms with E-state index in [-0.39, 0.29) is 18.0 Å². The molecule has 0 saturated heterocycles. The summed E-state index contributed by atoms with van der Waals surface area (Å²) in [6.07, 6.45) is 0.661. The van der Waals surface area contributed by atoms with Crippen molar-refractivity contribution in [2.75, 3.05) is 13.2 Å². The van der Waals surface area contributed by atoms with Crippen LogP contribution in [-0.4, -0.2) is 24.0 Å². The third-order valence-corrected chi connectivity index (χ3v) is 3.19. The Labute approximate surface area is 134 Å². The maximum atomic E-state index is 11.8. The Bertz CT molecular complexity index is 659. The number of nitro groups is 1. The molecule has 0 unspecified atom stereocenters. The zero-order valence-electron chi connectivity index (χ0n) is 12.6. The van der Waals surface area contributed by atoms with Gasteiger partial charge in [-0.3, -0.25) is 14.9 Å². The van der Waals surface area contributed by atoms with E-state index in [1.807, 2.05) is 30.3 Å². The van der Waals surface area contributed by atoms with E-state index < -0.39 is 4.92 Å². The van der Waals surface area contributed by atoms with Crippen LogP contribution in [0.3, 0.4) is 0 Å². The average Bonchev–Trinajstić information content (AvgIpc) is 2.56. The van der Waals surface area contributed by atoms with E-state index in [9.17, 15) is 14.9 Å². The van der Waals surface area contributed by atoms with Crippen molar-refractivity contribution in [1.82, 2.24) is 5.32 Å². The molecule has 6 nitrogen and oxygen atoms in total. The normalized spacial score (nSPS) is 10.1. The molecule has 2 aromatic carbocycles. The third kappa shape index (κ3) is 5.43. The molecule has 1 N–H and O–H groups in total. The third-order valence-electron chi connectivity index (χ3n) is 3.19. The maximum absolute atomic E-state index is 11.8. The number of nitrogens with one attached hydrogen (secondary N) is 1. The average molecular weight is 314 g/mol. The van der Waals surface area contributed by atoms with Crippen LogP contribution in [-0.2, 0) is 11.2 Å². The zero-order valence-corrected chi connectivity index (χ0v) is 12.6.